The van der Waals surface area contributed by atoms with E-state index in [2.05, 4.69) is 15.9 Å². The first-order valence-electron chi connectivity index (χ1n) is 6.52. The number of rotatable bonds is 9. The summed E-state index contributed by atoms with van der Waals surface area (Å²) >= 11 is 3.24. The number of esters is 2. The van der Waals surface area contributed by atoms with E-state index in [1.807, 2.05) is 0 Å². The molecule has 0 amide bonds. The van der Waals surface area contributed by atoms with Crippen molar-refractivity contribution >= 4 is 33.7 Å². The van der Waals surface area contributed by atoms with Crippen molar-refractivity contribution in [3.8, 4) is 0 Å². The zero-order chi connectivity index (χ0) is 15.6. The predicted molar refractivity (Wildman–Crippen MR) is 78.5 cm³/mol. The number of ether oxygens (including phenoxy) is 2. The molecule has 0 aromatic rings. The van der Waals surface area contributed by atoms with Gasteiger partial charge in [0.15, 0.2) is 11.2 Å². The van der Waals surface area contributed by atoms with E-state index in [0.29, 0.717) is 5.33 Å². The van der Waals surface area contributed by atoms with Crippen LogP contribution >= 0.6 is 15.9 Å². The van der Waals surface area contributed by atoms with Crippen molar-refractivity contribution in [1.82, 2.24) is 0 Å². The van der Waals surface area contributed by atoms with Gasteiger partial charge in [0, 0.05) is 5.33 Å². The first-order valence-corrected chi connectivity index (χ1v) is 7.64. The van der Waals surface area contributed by atoms with E-state index in [4.69, 9.17) is 9.47 Å². The molecule has 0 aromatic carbocycles. The molecule has 0 heterocycles. The highest BCUT2D eigenvalue weighted by atomic mass is 79.9. The lowest BCUT2D eigenvalue weighted by Crippen LogP contribution is -2.42. The molecule has 0 rings (SSSR count). The van der Waals surface area contributed by atoms with Gasteiger partial charge in [-0.1, -0.05) is 22.0 Å². The lowest BCUT2D eigenvalue weighted by Gasteiger charge is -2.27. The van der Waals surface area contributed by atoms with Gasteiger partial charge in [0.05, 0.1) is 13.2 Å². The van der Waals surface area contributed by atoms with Crippen LogP contribution in [0, 0.1) is 5.41 Å². The van der Waals surface area contributed by atoms with Gasteiger partial charge in [-0.2, -0.15) is 0 Å². The largest absolute Gasteiger partial charge is 0.465 e. The van der Waals surface area contributed by atoms with Crippen LogP contribution in [0.5, 0.6) is 0 Å². The van der Waals surface area contributed by atoms with Crippen molar-refractivity contribution in [2.45, 2.75) is 33.6 Å². The molecule has 0 spiro atoms. The molecular weight excluding hydrogens is 328 g/mol. The van der Waals surface area contributed by atoms with E-state index in [0.717, 1.165) is 0 Å². The molecule has 0 aliphatic carbocycles. The van der Waals surface area contributed by atoms with Gasteiger partial charge >= 0.3 is 11.9 Å². The Morgan fingerprint density at radius 3 is 1.95 bits per heavy atom. The van der Waals surface area contributed by atoms with Crippen LogP contribution in [0.25, 0.3) is 0 Å². The van der Waals surface area contributed by atoms with Crippen molar-refractivity contribution < 1.29 is 23.9 Å². The number of hydrogen-bond acceptors (Lipinski definition) is 5. The van der Waals surface area contributed by atoms with Crippen LogP contribution in [0.2, 0.25) is 0 Å². The second-order valence-electron chi connectivity index (χ2n) is 4.18. The standard InChI is InChI=1S/C14H21BrO5/c1-4-19-12(17)14(9-10-15,13(18)20-5-2)8-6-7-11(3)16/h6-7H,4-5,8-10H2,1-3H3/b7-6+. The SMILES string of the molecule is CCOC(=O)C(C/C=C/C(C)=O)(CCBr)C(=O)OCC. The molecule has 0 unspecified atom stereocenters. The van der Waals surface area contributed by atoms with E-state index in [1.54, 1.807) is 13.8 Å². The zero-order valence-electron chi connectivity index (χ0n) is 12.1. The number of carbonyl (C=O) groups excluding carboxylic acids is 3. The predicted octanol–water partition coefficient (Wildman–Crippen LogP) is 2.42. The van der Waals surface area contributed by atoms with Gasteiger partial charge in [0.2, 0.25) is 0 Å². The second-order valence-corrected chi connectivity index (χ2v) is 4.97. The molecule has 5 nitrogen and oxygen atoms in total. The first-order chi connectivity index (χ1) is 9.44. The highest BCUT2D eigenvalue weighted by molar-refractivity contribution is 9.09. The minimum absolute atomic E-state index is 0.0792. The third-order valence-corrected chi connectivity index (χ3v) is 3.07. The summed E-state index contributed by atoms with van der Waals surface area (Å²) in [6, 6.07) is 0. The zero-order valence-corrected chi connectivity index (χ0v) is 13.7. The topological polar surface area (TPSA) is 69.7 Å². The van der Waals surface area contributed by atoms with Gasteiger partial charge in [-0.3, -0.25) is 14.4 Å². The molecule has 6 heteroatoms. The fourth-order valence-corrected chi connectivity index (χ4v) is 2.36. The van der Waals surface area contributed by atoms with Crippen LogP contribution in [-0.4, -0.2) is 36.3 Å². The molecule has 0 aromatic heterocycles. The third-order valence-electron chi connectivity index (χ3n) is 2.67. The molecule has 0 aliphatic heterocycles. The number of carbonyl (C=O) groups is 3. The summed E-state index contributed by atoms with van der Waals surface area (Å²) in [6.45, 7) is 5.11. The van der Waals surface area contributed by atoms with Crippen LogP contribution in [-0.2, 0) is 23.9 Å². The van der Waals surface area contributed by atoms with E-state index >= 15 is 0 Å². The summed E-state index contributed by atoms with van der Waals surface area (Å²) in [7, 11) is 0. The normalized spacial score (nSPS) is 11.4. The Balaban J connectivity index is 5.36. The van der Waals surface area contributed by atoms with Crippen molar-refractivity contribution in [1.29, 1.82) is 0 Å². The van der Waals surface area contributed by atoms with E-state index in [-0.39, 0.29) is 31.8 Å². The molecule has 0 radical (unpaired) electrons. The Kier molecular flexibility index (Phi) is 9.12. The molecule has 20 heavy (non-hydrogen) atoms. The smallest absolute Gasteiger partial charge is 0.323 e. The molecule has 0 saturated carbocycles. The number of hydrogen-bond donors (Lipinski definition) is 0. The maximum atomic E-state index is 12.2. The van der Waals surface area contributed by atoms with Crippen LogP contribution < -0.4 is 0 Å². The quantitative estimate of drug-likeness (QED) is 0.277. The third kappa shape index (κ3) is 5.45. The number of allylic oxidation sites excluding steroid dienone is 2. The molecule has 0 atom stereocenters. The Bertz CT molecular complexity index is 358. The Morgan fingerprint density at radius 2 is 1.60 bits per heavy atom. The van der Waals surface area contributed by atoms with E-state index in [1.165, 1.54) is 19.1 Å². The van der Waals surface area contributed by atoms with Crippen molar-refractivity contribution in [3.63, 3.8) is 0 Å². The van der Waals surface area contributed by atoms with Gasteiger partial charge in [-0.05, 0) is 39.7 Å². The van der Waals surface area contributed by atoms with E-state index < -0.39 is 17.4 Å². The molecule has 0 saturated heterocycles. The summed E-state index contributed by atoms with van der Waals surface area (Å²) in [5.74, 6) is -1.39. The molecule has 0 aliphatic rings. The van der Waals surface area contributed by atoms with Gasteiger partial charge in [-0.15, -0.1) is 0 Å². The van der Waals surface area contributed by atoms with Gasteiger partial charge in [0.25, 0.3) is 0 Å². The first kappa shape index (κ1) is 18.8. The lowest BCUT2D eigenvalue weighted by atomic mass is 9.81. The van der Waals surface area contributed by atoms with Gasteiger partial charge in [0.1, 0.15) is 0 Å². The summed E-state index contributed by atoms with van der Waals surface area (Å²) in [4.78, 5) is 35.3. The average molecular weight is 349 g/mol. The summed E-state index contributed by atoms with van der Waals surface area (Å²) in [6.07, 6.45) is 3.17. The molecular formula is C14H21BrO5. The van der Waals surface area contributed by atoms with Crippen molar-refractivity contribution in [3.05, 3.63) is 12.2 Å². The summed E-state index contributed by atoms with van der Waals surface area (Å²) in [5, 5.41) is 0.443. The van der Waals surface area contributed by atoms with E-state index in [9.17, 15) is 14.4 Å². The fraction of sp³-hybridized carbons (Fsp3) is 0.643. The monoisotopic (exact) mass is 348 g/mol. The Hall–Kier alpha value is -1.17. The molecule has 114 valence electrons. The number of alkyl halides is 1. The number of halogens is 1. The van der Waals surface area contributed by atoms with Crippen LogP contribution in [0.1, 0.15) is 33.6 Å². The lowest BCUT2D eigenvalue weighted by molar-refractivity contribution is -0.172. The maximum Gasteiger partial charge on any atom is 0.323 e. The van der Waals surface area contributed by atoms with Gasteiger partial charge < -0.3 is 9.47 Å². The average Bonchev–Trinajstić information content (AvgIpc) is 2.37. The fourth-order valence-electron chi connectivity index (χ4n) is 1.68. The number of ketones is 1. The highest BCUT2D eigenvalue weighted by Crippen LogP contribution is 2.32. The highest BCUT2D eigenvalue weighted by Gasteiger charge is 2.47. The second kappa shape index (κ2) is 9.69. The minimum Gasteiger partial charge on any atom is -0.465 e. The maximum absolute atomic E-state index is 12.2. The van der Waals surface area contributed by atoms with Crippen LogP contribution in [0.3, 0.4) is 0 Å². The minimum atomic E-state index is -1.40. The molecule has 0 bridgehead atoms. The van der Waals surface area contributed by atoms with Crippen molar-refractivity contribution in [2.75, 3.05) is 18.5 Å². The molecule has 0 N–H and O–H groups in total. The van der Waals surface area contributed by atoms with Crippen LogP contribution in [0.4, 0.5) is 0 Å². The Labute approximate surface area is 127 Å². The van der Waals surface area contributed by atoms with Gasteiger partial charge in [-0.25, -0.2) is 0 Å². The molecule has 0 fully saturated rings. The van der Waals surface area contributed by atoms with Crippen LogP contribution in [0.15, 0.2) is 12.2 Å². The van der Waals surface area contributed by atoms with Crippen molar-refractivity contribution in [2.24, 2.45) is 5.41 Å². The Morgan fingerprint density at radius 1 is 1.10 bits per heavy atom. The summed E-state index contributed by atoms with van der Waals surface area (Å²) < 4.78 is 10.0. The summed E-state index contributed by atoms with van der Waals surface area (Å²) in [5.41, 5.74) is -1.40.